The normalized spacial score (nSPS) is 9.64. The summed E-state index contributed by atoms with van der Waals surface area (Å²) in [6.45, 7) is 3.70. The minimum atomic E-state index is 0.617. The lowest BCUT2D eigenvalue weighted by molar-refractivity contribution is 1.39. The van der Waals surface area contributed by atoms with E-state index in [9.17, 15) is 0 Å². The van der Waals surface area contributed by atoms with Crippen molar-refractivity contribution in [1.82, 2.24) is 4.98 Å². The van der Waals surface area contributed by atoms with Crippen LogP contribution in [-0.4, -0.2) is 4.98 Å². The zero-order valence-corrected chi connectivity index (χ0v) is 7.57. The van der Waals surface area contributed by atoms with Crippen molar-refractivity contribution in [1.29, 1.82) is 5.26 Å². The minimum Gasteiger partial charge on any atom is -0.256 e. The zero-order chi connectivity index (χ0) is 9.97. The van der Waals surface area contributed by atoms with Crippen LogP contribution < -0.4 is 0 Å². The standard InChI is InChI=1S/C12H8N2/c1-2-11-10(8-13)6-5-9-4-3-7-14-12(9)11/h2-7H,1H2. The predicted molar refractivity (Wildman–Crippen MR) is 56.5 cm³/mol. The highest BCUT2D eigenvalue weighted by molar-refractivity contribution is 5.89. The van der Waals surface area contributed by atoms with Crippen LogP contribution in [-0.2, 0) is 0 Å². The fraction of sp³-hybridized carbons (Fsp3) is 0. The molecule has 0 saturated carbocycles. The summed E-state index contributed by atoms with van der Waals surface area (Å²) in [7, 11) is 0. The van der Waals surface area contributed by atoms with E-state index in [0.29, 0.717) is 5.56 Å². The fourth-order valence-electron chi connectivity index (χ4n) is 1.47. The summed E-state index contributed by atoms with van der Waals surface area (Å²) in [6, 6.07) is 9.66. The third kappa shape index (κ3) is 1.16. The van der Waals surface area contributed by atoms with Gasteiger partial charge in [0.2, 0.25) is 0 Å². The van der Waals surface area contributed by atoms with E-state index in [2.05, 4.69) is 17.6 Å². The number of rotatable bonds is 1. The van der Waals surface area contributed by atoms with E-state index in [1.807, 2.05) is 18.2 Å². The quantitative estimate of drug-likeness (QED) is 0.676. The highest BCUT2D eigenvalue weighted by Crippen LogP contribution is 2.20. The molecular formula is C12H8N2. The Hall–Kier alpha value is -2.14. The topological polar surface area (TPSA) is 36.7 Å². The number of hydrogen-bond acceptors (Lipinski definition) is 2. The van der Waals surface area contributed by atoms with Crippen LogP contribution in [0, 0.1) is 11.3 Å². The molecule has 2 heteroatoms. The Bertz CT molecular complexity index is 536. The predicted octanol–water partition coefficient (Wildman–Crippen LogP) is 2.75. The van der Waals surface area contributed by atoms with Gasteiger partial charge in [0.15, 0.2) is 0 Å². The van der Waals surface area contributed by atoms with Crippen molar-refractivity contribution in [2.45, 2.75) is 0 Å². The molecule has 0 saturated heterocycles. The van der Waals surface area contributed by atoms with Crippen LogP contribution in [0.3, 0.4) is 0 Å². The molecule has 1 aromatic heterocycles. The van der Waals surface area contributed by atoms with Crippen molar-refractivity contribution in [3.63, 3.8) is 0 Å². The van der Waals surface area contributed by atoms with Crippen LogP contribution in [0.25, 0.3) is 17.0 Å². The molecule has 0 atom stereocenters. The maximum Gasteiger partial charge on any atom is 0.0998 e. The molecule has 1 heterocycles. The van der Waals surface area contributed by atoms with E-state index in [-0.39, 0.29) is 0 Å². The van der Waals surface area contributed by atoms with Gasteiger partial charge in [0.25, 0.3) is 0 Å². The largest absolute Gasteiger partial charge is 0.256 e. The van der Waals surface area contributed by atoms with Crippen molar-refractivity contribution in [2.24, 2.45) is 0 Å². The first-order chi connectivity index (χ1) is 6.86. The molecule has 0 bridgehead atoms. The van der Waals surface area contributed by atoms with Crippen LogP contribution in [0.1, 0.15) is 11.1 Å². The van der Waals surface area contributed by atoms with Gasteiger partial charge in [0.05, 0.1) is 17.1 Å². The highest BCUT2D eigenvalue weighted by atomic mass is 14.6. The Morgan fingerprint density at radius 2 is 2.21 bits per heavy atom. The monoisotopic (exact) mass is 180 g/mol. The highest BCUT2D eigenvalue weighted by Gasteiger charge is 2.03. The van der Waals surface area contributed by atoms with E-state index in [1.54, 1.807) is 18.3 Å². The van der Waals surface area contributed by atoms with E-state index < -0.39 is 0 Å². The average Bonchev–Trinajstić information content (AvgIpc) is 2.27. The summed E-state index contributed by atoms with van der Waals surface area (Å²) in [6.07, 6.45) is 3.39. The second-order valence-electron chi connectivity index (χ2n) is 2.92. The smallest absolute Gasteiger partial charge is 0.0998 e. The van der Waals surface area contributed by atoms with Crippen molar-refractivity contribution < 1.29 is 0 Å². The number of pyridine rings is 1. The van der Waals surface area contributed by atoms with Gasteiger partial charge in [0.1, 0.15) is 0 Å². The lowest BCUT2D eigenvalue weighted by Gasteiger charge is -2.02. The van der Waals surface area contributed by atoms with Gasteiger partial charge < -0.3 is 0 Å². The maximum absolute atomic E-state index is 8.88. The Morgan fingerprint density at radius 3 is 2.93 bits per heavy atom. The molecule has 2 nitrogen and oxygen atoms in total. The van der Waals surface area contributed by atoms with Crippen LogP contribution in [0.4, 0.5) is 0 Å². The van der Waals surface area contributed by atoms with Gasteiger partial charge in [-0.3, -0.25) is 4.98 Å². The van der Waals surface area contributed by atoms with E-state index in [0.717, 1.165) is 16.5 Å². The minimum absolute atomic E-state index is 0.617. The first-order valence-corrected chi connectivity index (χ1v) is 4.27. The first kappa shape index (κ1) is 8.46. The number of aromatic nitrogens is 1. The van der Waals surface area contributed by atoms with Gasteiger partial charge in [-0.05, 0) is 12.1 Å². The van der Waals surface area contributed by atoms with Gasteiger partial charge in [-0.15, -0.1) is 0 Å². The summed E-state index contributed by atoms with van der Waals surface area (Å²) in [4.78, 5) is 4.24. The second kappa shape index (κ2) is 3.31. The molecule has 2 rings (SSSR count). The summed E-state index contributed by atoms with van der Waals surface area (Å²) < 4.78 is 0. The molecule has 66 valence electrons. The SMILES string of the molecule is C=Cc1c(C#N)ccc2cccnc12. The molecule has 0 aliphatic heterocycles. The van der Waals surface area contributed by atoms with Crippen LogP contribution in [0.5, 0.6) is 0 Å². The number of nitrogens with zero attached hydrogens (tertiary/aromatic N) is 2. The van der Waals surface area contributed by atoms with Crippen LogP contribution in [0.15, 0.2) is 37.0 Å². The molecular weight excluding hydrogens is 172 g/mol. The van der Waals surface area contributed by atoms with Crippen LogP contribution in [0.2, 0.25) is 0 Å². The van der Waals surface area contributed by atoms with Crippen molar-refractivity contribution in [3.05, 3.63) is 48.2 Å². The average molecular weight is 180 g/mol. The fourth-order valence-corrected chi connectivity index (χ4v) is 1.47. The molecule has 0 fully saturated rings. The van der Waals surface area contributed by atoms with E-state index in [1.165, 1.54) is 0 Å². The molecule has 0 amide bonds. The number of benzene rings is 1. The number of fused-ring (bicyclic) bond motifs is 1. The van der Waals surface area contributed by atoms with Gasteiger partial charge in [-0.1, -0.05) is 24.8 Å². The summed E-state index contributed by atoms with van der Waals surface area (Å²) in [5.74, 6) is 0. The third-order valence-corrected chi connectivity index (χ3v) is 2.14. The molecule has 14 heavy (non-hydrogen) atoms. The van der Waals surface area contributed by atoms with Crippen LogP contribution >= 0.6 is 0 Å². The Labute approximate surface area is 82.1 Å². The third-order valence-electron chi connectivity index (χ3n) is 2.14. The lowest BCUT2D eigenvalue weighted by Crippen LogP contribution is -1.87. The molecule has 0 radical (unpaired) electrons. The number of nitriles is 1. The summed E-state index contributed by atoms with van der Waals surface area (Å²) in [5, 5.41) is 9.91. The molecule has 0 aliphatic rings. The lowest BCUT2D eigenvalue weighted by atomic mass is 10.0. The molecule has 0 N–H and O–H groups in total. The molecule has 0 aliphatic carbocycles. The van der Waals surface area contributed by atoms with Gasteiger partial charge in [-0.25, -0.2) is 0 Å². The Kier molecular flexibility index (Phi) is 2.00. The zero-order valence-electron chi connectivity index (χ0n) is 7.57. The molecule has 1 aromatic carbocycles. The summed E-state index contributed by atoms with van der Waals surface area (Å²) >= 11 is 0. The van der Waals surface area contributed by atoms with Crippen molar-refractivity contribution in [2.75, 3.05) is 0 Å². The molecule has 0 unspecified atom stereocenters. The Balaban J connectivity index is 2.92. The second-order valence-corrected chi connectivity index (χ2v) is 2.92. The molecule has 0 spiro atoms. The van der Waals surface area contributed by atoms with Gasteiger partial charge in [0, 0.05) is 17.1 Å². The summed E-state index contributed by atoms with van der Waals surface area (Å²) in [5.41, 5.74) is 2.26. The number of hydrogen-bond donors (Lipinski definition) is 0. The maximum atomic E-state index is 8.88. The van der Waals surface area contributed by atoms with E-state index >= 15 is 0 Å². The first-order valence-electron chi connectivity index (χ1n) is 4.27. The van der Waals surface area contributed by atoms with E-state index in [4.69, 9.17) is 5.26 Å². The Morgan fingerprint density at radius 1 is 1.36 bits per heavy atom. The van der Waals surface area contributed by atoms with Gasteiger partial charge in [-0.2, -0.15) is 5.26 Å². The van der Waals surface area contributed by atoms with Crippen molar-refractivity contribution >= 4 is 17.0 Å². The van der Waals surface area contributed by atoms with Crippen molar-refractivity contribution in [3.8, 4) is 6.07 Å². The molecule has 2 aromatic rings. The van der Waals surface area contributed by atoms with Gasteiger partial charge >= 0.3 is 0 Å².